The molecule has 0 bridgehead atoms. The molecule has 1 N–H and O–H groups in total. The zero-order valence-corrected chi connectivity index (χ0v) is 13.0. The molecule has 0 radical (unpaired) electrons. The molecular weight excluding hydrogens is 248 g/mol. The third-order valence-electron chi connectivity index (χ3n) is 4.59. The van der Waals surface area contributed by atoms with E-state index in [0.29, 0.717) is 5.92 Å². The van der Waals surface area contributed by atoms with Crippen LogP contribution in [0, 0.1) is 0 Å². The topological polar surface area (TPSA) is 33.1 Å². The zero-order valence-electron chi connectivity index (χ0n) is 13.0. The maximum atomic E-state index is 4.89. The van der Waals surface area contributed by atoms with Crippen LogP contribution in [0.15, 0.2) is 0 Å². The lowest BCUT2D eigenvalue weighted by atomic mass is 10.1. The van der Waals surface area contributed by atoms with E-state index in [9.17, 15) is 0 Å². The van der Waals surface area contributed by atoms with Gasteiger partial charge in [-0.1, -0.05) is 13.8 Å². The second-order valence-electron chi connectivity index (χ2n) is 6.50. The van der Waals surface area contributed by atoms with Gasteiger partial charge >= 0.3 is 0 Å². The number of hydrogen-bond donors (Lipinski definition) is 1. The zero-order chi connectivity index (χ0) is 13.9. The van der Waals surface area contributed by atoms with Crippen LogP contribution in [0.1, 0.15) is 56.2 Å². The highest BCUT2D eigenvalue weighted by Gasteiger charge is 2.21. The van der Waals surface area contributed by atoms with E-state index in [4.69, 9.17) is 4.98 Å². The van der Waals surface area contributed by atoms with Crippen molar-refractivity contribution in [2.75, 3.05) is 26.2 Å². The van der Waals surface area contributed by atoms with Crippen LogP contribution >= 0.6 is 0 Å². The second-order valence-corrected chi connectivity index (χ2v) is 6.50. The number of likely N-dealkylation sites (tertiary alicyclic amines) is 1. The maximum Gasteiger partial charge on any atom is 0.111 e. The summed E-state index contributed by atoms with van der Waals surface area (Å²) in [7, 11) is 0. The normalized spacial score (nSPS) is 19.8. The summed E-state index contributed by atoms with van der Waals surface area (Å²) in [5, 5.41) is 3.44. The summed E-state index contributed by atoms with van der Waals surface area (Å²) in [5.74, 6) is 1.81. The van der Waals surface area contributed by atoms with Crippen LogP contribution in [0.2, 0.25) is 0 Å². The van der Waals surface area contributed by atoms with E-state index < -0.39 is 0 Å². The van der Waals surface area contributed by atoms with Crippen molar-refractivity contribution in [3.8, 4) is 0 Å². The molecular formula is C16H28N4. The van der Waals surface area contributed by atoms with Crippen LogP contribution in [0.5, 0.6) is 0 Å². The fourth-order valence-electron chi connectivity index (χ4n) is 3.54. The van der Waals surface area contributed by atoms with Crippen molar-refractivity contribution < 1.29 is 0 Å². The number of imidazole rings is 1. The van der Waals surface area contributed by atoms with Crippen LogP contribution < -0.4 is 5.32 Å². The van der Waals surface area contributed by atoms with Gasteiger partial charge in [0.15, 0.2) is 0 Å². The largest absolute Gasteiger partial charge is 0.331 e. The molecule has 3 heterocycles. The fourth-order valence-corrected chi connectivity index (χ4v) is 3.54. The molecule has 0 unspecified atom stereocenters. The molecule has 3 rings (SSSR count). The molecule has 0 amide bonds. The number of nitrogens with zero attached hydrogens (tertiary/aromatic N) is 3. The Balaban J connectivity index is 1.68. The summed E-state index contributed by atoms with van der Waals surface area (Å²) in [6, 6.07) is 0. The highest BCUT2D eigenvalue weighted by Crippen LogP contribution is 2.22. The monoisotopic (exact) mass is 276 g/mol. The van der Waals surface area contributed by atoms with Gasteiger partial charge in [-0.3, -0.25) is 0 Å². The molecule has 0 aromatic carbocycles. The second kappa shape index (κ2) is 6.27. The van der Waals surface area contributed by atoms with Crippen molar-refractivity contribution in [3.05, 3.63) is 17.2 Å². The van der Waals surface area contributed by atoms with Gasteiger partial charge < -0.3 is 14.8 Å². The van der Waals surface area contributed by atoms with Gasteiger partial charge in [-0.05, 0) is 38.9 Å². The van der Waals surface area contributed by atoms with Crippen LogP contribution in [0.3, 0.4) is 0 Å². The molecule has 0 saturated carbocycles. The maximum absolute atomic E-state index is 4.89. The summed E-state index contributed by atoms with van der Waals surface area (Å²) in [6.45, 7) is 11.6. The van der Waals surface area contributed by atoms with Crippen molar-refractivity contribution in [1.82, 2.24) is 19.8 Å². The Morgan fingerprint density at radius 3 is 2.75 bits per heavy atom. The first kappa shape index (κ1) is 14.1. The number of nitrogens with one attached hydrogen (secondary N) is 1. The average molecular weight is 276 g/mol. The Morgan fingerprint density at radius 2 is 2.00 bits per heavy atom. The first-order valence-corrected chi connectivity index (χ1v) is 8.27. The predicted octanol–water partition coefficient (Wildman–Crippen LogP) is 2.14. The van der Waals surface area contributed by atoms with Gasteiger partial charge in [0.05, 0.1) is 5.69 Å². The molecule has 1 saturated heterocycles. The summed E-state index contributed by atoms with van der Waals surface area (Å²) < 4.78 is 2.52. The first-order valence-electron chi connectivity index (χ1n) is 8.27. The summed E-state index contributed by atoms with van der Waals surface area (Å²) >= 11 is 0. The van der Waals surface area contributed by atoms with Crippen molar-refractivity contribution in [2.45, 2.75) is 58.5 Å². The standard InChI is InChI=1S/C16H28N4/c1-13(2)16-18-14-12-17-7-6-15(14)20(16)11-5-10-19-8-3-4-9-19/h13,17H,3-12H2,1-2H3. The summed E-state index contributed by atoms with van der Waals surface area (Å²) in [4.78, 5) is 7.50. The van der Waals surface area contributed by atoms with Crippen LogP contribution in [-0.2, 0) is 19.5 Å². The van der Waals surface area contributed by atoms with Crippen LogP contribution in [0.25, 0.3) is 0 Å². The highest BCUT2D eigenvalue weighted by molar-refractivity contribution is 5.21. The molecule has 4 heteroatoms. The van der Waals surface area contributed by atoms with Gasteiger partial charge in [-0.2, -0.15) is 0 Å². The molecule has 1 aromatic heterocycles. The minimum atomic E-state index is 0.521. The van der Waals surface area contributed by atoms with Gasteiger partial charge in [0.25, 0.3) is 0 Å². The molecule has 2 aliphatic heterocycles. The highest BCUT2D eigenvalue weighted by atomic mass is 15.2. The Labute approximate surface area is 122 Å². The molecule has 112 valence electrons. The summed E-state index contributed by atoms with van der Waals surface area (Å²) in [5.41, 5.74) is 2.79. The third kappa shape index (κ3) is 2.91. The molecule has 20 heavy (non-hydrogen) atoms. The van der Waals surface area contributed by atoms with E-state index in [2.05, 4.69) is 28.6 Å². The van der Waals surface area contributed by atoms with Gasteiger partial charge in [0, 0.05) is 37.7 Å². The Hall–Kier alpha value is -0.870. The van der Waals surface area contributed by atoms with Crippen molar-refractivity contribution in [1.29, 1.82) is 0 Å². The Bertz CT molecular complexity index is 444. The molecule has 1 fully saturated rings. The van der Waals surface area contributed by atoms with Gasteiger partial charge in [0.2, 0.25) is 0 Å². The molecule has 2 aliphatic rings. The fraction of sp³-hybridized carbons (Fsp3) is 0.812. The lowest BCUT2D eigenvalue weighted by Crippen LogP contribution is -2.26. The van der Waals surface area contributed by atoms with Crippen LogP contribution in [0.4, 0.5) is 0 Å². The van der Waals surface area contributed by atoms with E-state index in [1.165, 1.54) is 56.1 Å². The number of aromatic nitrogens is 2. The van der Waals surface area contributed by atoms with E-state index in [1.807, 2.05) is 0 Å². The molecule has 0 spiro atoms. The quantitative estimate of drug-likeness (QED) is 0.894. The van der Waals surface area contributed by atoms with E-state index in [1.54, 1.807) is 0 Å². The Kier molecular flexibility index (Phi) is 4.41. The van der Waals surface area contributed by atoms with Gasteiger partial charge in [-0.15, -0.1) is 0 Å². The van der Waals surface area contributed by atoms with Gasteiger partial charge in [0.1, 0.15) is 5.82 Å². The smallest absolute Gasteiger partial charge is 0.111 e. The van der Waals surface area contributed by atoms with E-state index >= 15 is 0 Å². The molecule has 0 atom stereocenters. The number of hydrogen-bond acceptors (Lipinski definition) is 3. The predicted molar refractivity (Wildman–Crippen MR) is 82.0 cm³/mol. The van der Waals surface area contributed by atoms with Crippen LogP contribution in [-0.4, -0.2) is 40.6 Å². The van der Waals surface area contributed by atoms with Crippen molar-refractivity contribution in [2.24, 2.45) is 0 Å². The third-order valence-corrected chi connectivity index (χ3v) is 4.59. The van der Waals surface area contributed by atoms with Crippen molar-refractivity contribution in [3.63, 3.8) is 0 Å². The van der Waals surface area contributed by atoms with Gasteiger partial charge in [-0.25, -0.2) is 4.98 Å². The Morgan fingerprint density at radius 1 is 1.20 bits per heavy atom. The van der Waals surface area contributed by atoms with Crippen molar-refractivity contribution >= 4 is 0 Å². The summed E-state index contributed by atoms with van der Waals surface area (Å²) in [6.07, 6.45) is 5.18. The molecule has 4 nitrogen and oxygen atoms in total. The number of fused-ring (bicyclic) bond motifs is 1. The average Bonchev–Trinajstić information content (AvgIpc) is 3.07. The lowest BCUT2D eigenvalue weighted by Gasteiger charge is -2.19. The van der Waals surface area contributed by atoms with E-state index in [-0.39, 0.29) is 0 Å². The minimum absolute atomic E-state index is 0.521. The SMILES string of the molecule is CC(C)c1nc2c(n1CCCN1CCCC1)CCNC2. The number of rotatable bonds is 5. The molecule has 1 aromatic rings. The first-order chi connectivity index (χ1) is 9.75. The minimum Gasteiger partial charge on any atom is -0.331 e. The van der Waals surface area contributed by atoms with E-state index in [0.717, 1.165) is 26.1 Å². The lowest BCUT2D eigenvalue weighted by molar-refractivity contribution is 0.323. The molecule has 0 aliphatic carbocycles.